The predicted octanol–water partition coefficient (Wildman–Crippen LogP) is 3.14. The zero-order chi connectivity index (χ0) is 11.3. The molecule has 0 fully saturated rings. The van der Waals surface area contributed by atoms with Crippen LogP contribution in [0.15, 0.2) is 34.6 Å². The first-order valence-electron chi connectivity index (χ1n) is 4.73. The van der Waals surface area contributed by atoms with E-state index in [4.69, 9.17) is 0 Å². The lowest BCUT2D eigenvalue weighted by Crippen LogP contribution is -2.12. The lowest BCUT2D eigenvalue weighted by Gasteiger charge is -2.04. The third kappa shape index (κ3) is 3.83. The molecule has 0 aromatic carbocycles. The quantitative estimate of drug-likeness (QED) is 0.676. The molecular weight excluding hydrogens is 256 g/mol. The van der Waals surface area contributed by atoms with E-state index in [2.05, 4.69) is 26.2 Å². The second-order valence-corrected chi connectivity index (χ2v) is 3.93. The van der Waals surface area contributed by atoms with Crippen LogP contribution >= 0.6 is 15.9 Å². The van der Waals surface area contributed by atoms with Gasteiger partial charge in [-0.15, -0.1) is 0 Å². The number of anilines is 1. The van der Waals surface area contributed by atoms with Crippen molar-refractivity contribution in [3.8, 4) is 0 Å². The van der Waals surface area contributed by atoms with Crippen LogP contribution in [0.3, 0.4) is 0 Å². The van der Waals surface area contributed by atoms with Gasteiger partial charge in [0.2, 0.25) is 0 Å². The van der Waals surface area contributed by atoms with E-state index in [1.54, 1.807) is 25.3 Å². The van der Waals surface area contributed by atoms with Crippen LogP contribution in [-0.4, -0.2) is 10.9 Å². The van der Waals surface area contributed by atoms with Crippen LogP contribution in [0.25, 0.3) is 0 Å². The summed E-state index contributed by atoms with van der Waals surface area (Å²) in [5.74, 6) is -0.0824. The number of rotatable bonds is 3. The fraction of sp³-hybridized carbons (Fsp3) is 0.273. The van der Waals surface area contributed by atoms with Crippen molar-refractivity contribution >= 4 is 27.5 Å². The van der Waals surface area contributed by atoms with E-state index in [1.165, 1.54) is 0 Å². The van der Waals surface area contributed by atoms with E-state index >= 15 is 0 Å². The Hall–Kier alpha value is -1.16. The minimum Gasteiger partial charge on any atom is -0.321 e. The first-order chi connectivity index (χ1) is 7.13. The van der Waals surface area contributed by atoms with Crippen molar-refractivity contribution in [3.05, 3.63) is 34.6 Å². The Bertz CT molecular complexity index is 371. The van der Waals surface area contributed by atoms with Gasteiger partial charge in [0, 0.05) is 5.57 Å². The molecule has 0 saturated heterocycles. The highest BCUT2D eigenvalue weighted by Gasteiger charge is 2.03. The van der Waals surface area contributed by atoms with Crippen molar-refractivity contribution < 1.29 is 4.79 Å². The topological polar surface area (TPSA) is 42.0 Å². The van der Waals surface area contributed by atoms with Gasteiger partial charge >= 0.3 is 0 Å². The van der Waals surface area contributed by atoms with Gasteiger partial charge in [-0.3, -0.25) is 4.79 Å². The predicted molar refractivity (Wildman–Crippen MR) is 64.6 cm³/mol. The fourth-order valence-corrected chi connectivity index (χ4v) is 1.31. The molecule has 1 rings (SSSR count). The lowest BCUT2D eigenvalue weighted by atomic mass is 10.2. The molecule has 1 heterocycles. The Labute approximate surface area is 97.7 Å². The van der Waals surface area contributed by atoms with Gasteiger partial charge in [-0.1, -0.05) is 13.0 Å². The maximum absolute atomic E-state index is 11.6. The molecule has 0 aliphatic rings. The molecular formula is C11H13BrN2O. The van der Waals surface area contributed by atoms with Crippen molar-refractivity contribution in [2.24, 2.45) is 0 Å². The molecule has 4 heteroatoms. The third-order valence-electron chi connectivity index (χ3n) is 1.85. The Balaban J connectivity index is 2.66. The second-order valence-electron chi connectivity index (χ2n) is 3.12. The van der Waals surface area contributed by atoms with Crippen molar-refractivity contribution in [3.63, 3.8) is 0 Å². The maximum atomic E-state index is 11.6. The van der Waals surface area contributed by atoms with Crippen molar-refractivity contribution in [1.29, 1.82) is 0 Å². The summed E-state index contributed by atoms with van der Waals surface area (Å²) in [7, 11) is 0. The average Bonchev–Trinajstić information content (AvgIpc) is 2.22. The van der Waals surface area contributed by atoms with E-state index in [1.807, 2.05) is 13.0 Å². The maximum Gasteiger partial charge on any atom is 0.251 e. The highest BCUT2D eigenvalue weighted by atomic mass is 79.9. The molecule has 15 heavy (non-hydrogen) atoms. The van der Waals surface area contributed by atoms with Crippen LogP contribution in [0, 0.1) is 0 Å². The van der Waals surface area contributed by atoms with Gasteiger partial charge in [0.1, 0.15) is 4.60 Å². The Kier molecular flexibility index (Phi) is 4.49. The number of nitrogens with one attached hydrogen (secondary N) is 1. The number of amides is 1. The number of hydrogen-bond acceptors (Lipinski definition) is 2. The molecule has 0 bridgehead atoms. The van der Waals surface area contributed by atoms with E-state index in [0.717, 1.165) is 16.6 Å². The summed E-state index contributed by atoms with van der Waals surface area (Å²) in [6, 6.07) is 3.59. The average molecular weight is 269 g/mol. The van der Waals surface area contributed by atoms with Gasteiger partial charge in [0.25, 0.3) is 5.91 Å². The molecule has 0 unspecified atom stereocenters. The van der Waals surface area contributed by atoms with Crippen molar-refractivity contribution in [2.45, 2.75) is 20.3 Å². The van der Waals surface area contributed by atoms with Crippen LogP contribution in [0.4, 0.5) is 5.69 Å². The minimum absolute atomic E-state index is 0.0824. The standard InChI is InChI=1S/C11H13BrN2O/c1-3-4-8(2)11(15)14-9-5-6-10(12)13-7-9/h4-7H,3H2,1-2H3,(H,14,15)/b8-4-. The molecule has 1 amide bonds. The Morgan fingerprint density at radius 1 is 1.60 bits per heavy atom. The summed E-state index contributed by atoms with van der Waals surface area (Å²) in [5.41, 5.74) is 1.42. The fourth-order valence-electron chi connectivity index (χ4n) is 1.08. The molecule has 1 aromatic heterocycles. The molecule has 80 valence electrons. The molecule has 1 N–H and O–H groups in total. The summed E-state index contributed by atoms with van der Waals surface area (Å²) in [6.07, 6.45) is 4.36. The number of allylic oxidation sites excluding steroid dienone is 1. The van der Waals surface area contributed by atoms with E-state index in [-0.39, 0.29) is 5.91 Å². The number of carbonyl (C=O) groups is 1. The number of halogens is 1. The highest BCUT2D eigenvalue weighted by molar-refractivity contribution is 9.10. The van der Waals surface area contributed by atoms with Crippen LogP contribution in [0.2, 0.25) is 0 Å². The molecule has 0 aliphatic carbocycles. The van der Waals surface area contributed by atoms with E-state index < -0.39 is 0 Å². The van der Waals surface area contributed by atoms with Crippen LogP contribution in [-0.2, 0) is 4.79 Å². The normalized spacial score (nSPS) is 11.3. The van der Waals surface area contributed by atoms with Crippen LogP contribution < -0.4 is 5.32 Å². The first-order valence-corrected chi connectivity index (χ1v) is 5.52. The highest BCUT2D eigenvalue weighted by Crippen LogP contribution is 2.11. The van der Waals surface area contributed by atoms with Crippen LogP contribution in [0.1, 0.15) is 20.3 Å². The SMILES string of the molecule is CC/C=C(/C)C(=O)Nc1ccc(Br)nc1. The number of hydrogen-bond donors (Lipinski definition) is 1. The molecule has 0 atom stereocenters. The number of nitrogens with zero attached hydrogens (tertiary/aromatic N) is 1. The zero-order valence-electron chi connectivity index (χ0n) is 8.75. The summed E-state index contributed by atoms with van der Waals surface area (Å²) < 4.78 is 0.751. The van der Waals surface area contributed by atoms with Crippen molar-refractivity contribution in [1.82, 2.24) is 4.98 Å². The van der Waals surface area contributed by atoms with E-state index in [0.29, 0.717) is 5.69 Å². The summed E-state index contributed by atoms with van der Waals surface area (Å²) in [6.45, 7) is 3.79. The molecule has 0 spiro atoms. The summed E-state index contributed by atoms with van der Waals surface area (Å²) >= 11 is 3.23. The molecule has 3 nitrogen and oxygen atoms in total. The monoisotopic (exact) mass is 268 g/mol. The van der Waals surface area contributed by atoms with Gasteiger partial charge in [0.05, 0.1) is 11.9 Å². The van der Waals surface area contributed by atoms with Gasteiger partial charge in [-0.2, -0.15) is 0 Å². The lowest BCUT2D eigenvalue weighted by molar-refractivity contribution is -0.112. The molecule has 1 aromatic rings. The van der Waals surface area contributed by atoms with Crippen molar-refractivity contribution in [2.75, 3.05) is 5.32 Å². The van der Waals surface area contributed by atoms with Gasteiger partial charge < -0.3 is 5.32 Å². The first kappa shape index (κ1) is 11.9. The number of pyridine rings is 1. The van der Waals surface area contributed by atoms with E-state index in [9.17, 15) is 4.79 Å². The Morgan fingerprint density at radius 2 is 2.33 bits per heavy atom. The van der Waals surface area contributed by atoms with Gasteiger partial charge in [0.15, 0.2) is 0 Å². The molecule has 0 aliphatic heterocycles. The number of aromatic nitrogens is 1. The summed E-state index contributed by atoms with van der Waals surface area (Å²) in [5, 5.41) is 2.76. The second kappa shape index (κ2) is 5.66. The third-order valence-corrected chi connectivity index (χ3v) is 2.32. The van der Waals surface area contributed by atoms with Gasteiger partial charge in [-0.25, -0.2) is 4.98 Å². The van der Waals surface area contributed by atoms with Gasteiger partial charge in [-0.05, 0) is 41.4 Å². The summed E-state index contributed by atoms with van der Waals surface area (Å²) in [4.78, 5) is 15.6. The number of carbonyl (C=O) groups excluding carboxylic acids is 1. The minimum atomic E-state index is -0.0824. The molecule has 0 saturated carbocycles. The molecule has 0 radical (unpaired) electrons. The largest absolute Gasteiger partial charge is 0.321 e. The zero-order valence-corrected chi connectivity index (χ0v) is 10.3. The Morgan fingerprint density at radius 3 is 2.87 bits per heavy atom. The smallest absolute Gasteiger partial charge is 0.251 e. The van der Waals surface area contributed by atoms with Crippen LogP contribution in [0.5, 0.6) is 0 Å².